The molecule has 6 heteroatoms. The maximum absolute atomic E-state index is 11.2. The van der Waals surface area contributed by atoms with Crippen LogP contribution in [0.15, 0.2) is 36.0 Å². The first-order valence-electron chi connectivity index (χ1n) is 10.7. The zero-order chi connectivity index (χ0) is 21.5. The van der Waals surface area contributed by atoms with Gasteiger partial charge in [-0.3, -0.25) is 4.79 Å². The highest BCUT2D eigenvalue weighted by molar-refractivity contribution is 5.84. The van der Waals surface area contributed by atoms with Gasteiger partial charge < -0.3 is 18.9 Å². The molecule has 1 saturated heterocycles. The Hall–Kier alpha value is -2.44. The molecule has 162 valence electrons. The Morgan fingerprint density at radius 1 is 1.33 bits per heavy atom. The van der Waals surface area contributed by atoms with E-state index in [2.05, 4.69) is 42.7 Å². The van der Waals surface area contributed by atoms with Gasteiger partial charge in [0.1, 0.15) is 5.82 Å². The van der Waals surface area contributed by atoms with Crippen molar-refractivity contribution in [3.63, 3.8) is 0 Å². The monoisotopic (exact) mass is 411 g/mol. The van der Waals surface area contributed by atoms with E-state index in [0.717, 1.165) is 67.0 Å². The highest BCUT2D eigenvalue weighted by Crippen LogP contribution is 2.31. The van der Waals surface area contributed by atoms with Gasteiger partial charge in [0.05, 0.1) is 17.6 Å². The first-order chi connectivity index (χ1) is 14.5. The van der Waals surface area contributed by atoms with Gasteiger partial charge in [-0.25, -0.2) is 4.98 Å². The first-order valence-corrected chi connectivity index (χ1v) is 10.7. The van der Waals surface area contributed by atoms with Gasteiger partial charge in [0.25, 0.3) is 0 Å². The second kappa shape index (κ2) is 10.5. The third-order valence-corrected chi connectivity index (χ3v) is 5.31. The van der Waals surface area contributed by atoms with E-state index in [1.807, 2.05) is 13.1 Å². The van der Waals surface area contributed by atoms with Crippen LogP contribution in [0.3, 0.4) is 0 Å². The highest BCUT2D eigenvalue weighted by atomic mass is 16.5. The lowest BCUT2D eigenvalue weighted by Gasteiger charge is -2.22. The molecule has 2 heterocycles. The quantitative estimate of drug-likeness (QED) is 0.349. The summed E-state index contributed by atoms with van der Waals surface area (Å²) in [6, 6.07) is 6.35. The molecule has 6 nitrogen and oxygen atoms in total. The summed E-state index contributed by atoms with van der Waals surface area (Å²) in [7, 11) is 1.75. The number of aromatic nitrogens is 2. The molecular weight excluding hydrogens is 378 g/mol. The van der Waals surface area contributed by atoms with Crippen molar-refractivity contribution in [3.05, 3.63) is 47.4 Å². The Morgan fingerprint density at radius 3 is 2.77 bits per heavy atom. The second-order valence-corrected chi connectivity index (χ2v) is 7.99. The second-order valence-electron chi connectivity index (χ2n) is 7.99. The predicted octanol–water partition coefficient (Wildman–Crippen LogP) is 4.36. The highest BCUT2D eigenvalue weighted by Gasteiger charge is 2.23. The molecule has 0 aliphatic carbocycles. The van der Waals surface area contributed by atoms with Crippen LogP contribution in [0.4, 0.5) is 0 Å². The zero-order valence-corrected chi connectivity index (χ0v) is 18.6. The van der Waals surface area contributed by atoms with Crippen molar-refractivity contribution < 1.29 is 14.3 Å². The van der Waals surface area contributed by atoms with Crippen molar-refractivity contribution in [2.45, 2.75) is 46.1 Å². The molecule has 1 aromatic heterocycles. The Bertz CT molecular complexity index is 919. The number of carbonyl (C=O) groups excluding carboxylic acids is 1. The van der Waals surface area contributed by atoms with Crippen molar-refractivity contribution in [2.24, 2.45) is 0 Å². The van der Waals surface area contributed by atoms with Gasteiger partial charge in [0.15, 0.2) is 0 Å². The van der Waals surface area contributed by atoms with Gasteiger partial charge >= 0.3 is 0 Å². The van der Waals surface area contributed by atoms with Gasteiger partial charge in [-0.1, -0.05) is 17.7 Å². The van der Waals surface area contributed by atoms with E-state index in [0.29, 0.717) is 19.1 Å². The molecule has 0 radical (unpaired) electrons. The maximum Gasteiger partial charge on any atom is 0.213 e. The van der Waals surface area contributed by atoms with Crippen molar-refractivity contribution in [3.8, 4) is 0 Å². The van der Waals surface area contributed by atoms with E-state index in [-0.39, 0.29) is 0 Å². The minimum atomic E-state index is 0.408. The van der Waals surface area contributed by atoms with Crippen molar-refractivity contribution in [1.82, 2.24) is 14.5 Å². The minimum Gasteiger partial charge on any atom is -0.381 e. The molecule has 1 fully saturated rings. The number of imidazole rings is 1. The lowest BCUT2D eigenvalue weighted by molar-refractivity contribution is -0.114. The number of carbonyl (C=O) groups is 1. The van der Waals surface area contributed by atoms with Crippen LogP contribution in [0.1, 0.15) is 50.9 Å². The fourth-order valence-electron chi connectivity index (χ4n) is 3.88. The van der Waals surface area contributed by atoms with Crippen molar-refractivity contribution in [2.75, 3.05) is 33.5 Å². The topological polar surface area (TPSA) is 56.6 Å². The number of hydrogen-bond donors (Lipinski definition) is 0. The normalized spacial score (nSPS) is 15.4. The largest absolute Gasteiger partial charge is 0.381 e. The SMILES string of the molecule is CCOCCn1c(C2CCOCC2)nc2ccc(/C(C=C(C)C)=C/N(C)C=O)cc21. The third-order valence-electron chi connectivity index (χ3n) is 5.31. The number of nitrogens with zero attached hydrogens (tertiary/aromatic N) is 3. The lowest BCUT2D eigenvalue weighted by atomic mass is 9.99. The number of allylic oxidation sites excluding steroid dienone is 3. The summed E-state index contributed by atoms with van der Waals surface area (Å²) in [6.45, 7) is 9.85. The summed E-state index contributed by atoms with van der Waals surface area (Å²) in [5.41, 5.74) is 5.34. The average molecular weight is 412 g/mol. The van der Waals surface area contributed by atoms with E-state index in [1.54, 1.807) is 11.9 Å². The van der Waals surface area contributed by atoms with Gasteiger partial charge in [-0.05, 0) is 56.9 Å². The fourth-order valence-corrected chi connectivity index (χ4v) is 3.88. The summed E-state index contributed by atoms with van der Waals surface area (Å²) in [4.78, 5) is 17.7. The molecule has 1 aliphatic rings. The van der Waals surface area contributed by atoms with Crippen LogP contribution in [0.25, 0.3) is 16.6 Å². The number of rotatable bonds is 9. The van der Waals surface area contributed by atoms with Crippen LogP contribution in [0.5, 0.6) is 0 Å². The summed E-state index contributed by atoms with van der Waals surface area (Å²) in [5.74, 6) is 1.54. The molecule has 0 saturated carbocycles. The molecule has 30 heavy (non-hydrogen) atoms. The zero-order valence-electron chi connectivity index (χ0n) is 18.6. The first kappa shape index (κ1) is 22.2. The van der Waals surface area contributed by atoms with E-state index < -0.39 is 0 Å². The molecule has 1 aliphatic heterocycles. The van der Waals surface area contributed by atoms with E-state index in [4.69, 9.17) is 14.5 Å². The fraction of sp³-hybridized carbons (Fsp3) is 0.500. The molecule has 1 aromatic carbocycles. The van der Waals surface area contributed by atoms with E-state index in [1.165, 1.54) is 5.57 Å². The molecule has 0 bridgehead atoms. The number of fused-ring (bicyclic) bond motifs is 1. The Balaban J connectivity index is 2.08. The van der Waals surface area contributed by atoms with Crippen LogP contribution in [-0.4, -0.2) is 54.3 Å². The molecule has 0 atom stereocenters. The predicted molar refractivity (Wildman–Crippen MR) is 120 cm³/mol. The molecule has 0 N–H and O–H groups in total. The van der Waals surface area contributed by atoms with Crippen LogP contribution < -0.4 is 0 Å². The van der Waals surface area contributed by atoms with E-state index in [9.17, 15) is 4.79 Å². The number of hydrogen-bond acceptors (Lipinski definition) is 4. The third kappa shape index (κ3) is 5.37. The number of amides is 1. The van der Waals surface area contributed by atoms with Gasteiger partial charge in [0, 0.05) is 45.5 Å². The van der Waals surface area contributed by atoms with Crippen LogP contribution in [0.2, 0.25) is 0 Å². The van der Waals surface area contributed by atoms with Gasteiger partial charge in [0.2, 0.25) is 6.41 Å². The summed E-state index contributed by atoms with van der Waals surface area (Å²) in [6.07, 6.45) is 6.77. The molecule has 0 spiro atoms. The lowest BCUT2D eigenvalue weighted by Crippen LogP contribution is -2.19. The van der Waals surface area contributed by atoms with Crippen molar-refractivity contribution >= 4 is 23.0 Å². The molecule has 0 unspecified atom stereocenters. The van der Waals surface area contributed by atoms with Crippen molar-refractivity contribution in [1.29, 1.82) is 0 Å². The smallest absolute Gasteiger partial charge is 0.213 e. The van der Waals surface area contributed by atoms with Gasteiger partial charge in [-0.15, -0.1) is 0 Å². The molecule has 3 rings (SSSR count). The Labute approximate surface area is 179 Å². The summed E-state index contributed by atoms with van der Waals surface area (Å²) < 4.78 is 13.5. The molecular formula is C24H33N3O3. The standard InChI is InChI=1S/C24H33N3O3/c1-5-29-13-10-27-23-15-20(21(14-18(2)3)16-26(4)17-28)6-7-22(23)25-24(27)19-8-11-30-12-9-19/h6-7,14-17,19H,5,8-13H2,1-4H3/b21-16+. The number of ether oxygens (including phenoxy) is 2. The Kier molecular flexibility index (Phi) is 7.82. The maximum atomic E-state index is 11.2. The number of benzene rings is 1. The molecule has 1 amide bonds. The van der Waals surface area contributed by atoms with Gasteiger partial charge in [-0.2, -0.15) is 0 Å². The summed E-state index contributed by atoms with van der Waals surface area (Å²) >= 11 is 0. The minimum absolute atomic E-state index is 0.408. The van der Waals surface area contributed by atoms with Crippen LogP contribution in [0, 0.1) is 0 Å². The Morgan fingerprint density at radius 2 is 2.10 bits per heavy atom. The molecule has 2 aromatic rings. The van der Waals surface area contributed by atoms with E-state index >= 15 is 0 Å². The van der Waals surface area contributed by atoms with Crippen LogP contribution in [-0.2, 0) is 20.8 Å². The average Bonchev–Trinajstić information content (AvgIpc) is 3.11. The van der Waals surface area contributed by atoms with Crippen LogP contribution >= 0.6 is 0 Å². The summed E-state index contributed by atoms with van der Waals surface area (Å²) in [5, 5.41) is 0.